The number of carbonyl (C=O) groups is 1. The topological polar surface area (TPSA) is 59.8 Å². The Bertz CT molecular complexity index is 605. The van der Waals surface area contributed by atoms with Gasteiger partial charge in [0.2, 0.25) is 0 Å². The molecule has 98 valence electrons. The minimum atomic E-state index is 0.212. The summed E-state index contributed by atoms with van der Waals surface area (Å²) in [7, 11) is 1.80. The number of nitrogens with one attached hydrogen (secondary N) is 1. The van der Waals surface area contributed by atoms with Gasteiger partial charge in [-0.1, -0.05) is 23.4 Å². The molecule has 0 aliphatic carbocycles. The van der Waals surface area contributed by atoms with E-state index in [1.54, 1.807) is 17.9 Å². The lowest BCUT2D eigenvalue weighted by Gasteiger charge is -2.08. The zero-order chi connectivity index (χ0) is 13.2. The first-order valence-electron chi connectivity index (χ1n) is 6.42. The van der Waals surface area contributed by atoms with Crippen LogP contribution >= 0.6 is 0 Å². The minimum absolute atomic E-state index is 0.212. The number of hydrogen-bond donors (Lipinski definition) is 1. The summed E-state index contributed by atoms with van der Waals surface area (Å²) in [6, 6.07) is 8.18. The number of carbonyl (C=O) groups excluding carboxylic acids is 1. The van der Waals surface area contributed by atoms with Gasteiger partial charge in [0.05, 0.1) is 12.1 Å². The van der Waals surface area contributed by atoms with Crippen molar-refractivity contribution in [2.45, 2.75) is 18.8 Å². The van der Waals surface area contributed by atoms with Gasteiger partial charge < -0.3 is 5.32 Å². The SMILES string of the molecule is Cn1cc(CC(=O)CC2CNc3ccccc32)nn1. The highest BCUT2D eigenvalue weighted by Crippen LogP contribution is 2.33. The van der Waals surface area contributed by atoms with Crippen molar-refractivity contribution in [3.05, 3.63) is 41.7 Å². The number of ketones is 1. The van der Waals surface area contributed by atoms with Crippen molar-refractivity contribution in [3.8, 4) is 0 Å². The van der Waals surface area contributed by atoms with Gasteiger partial charge in [-0.15, -0.1) is 5.10 Å². The van der Waals surface area contributed by atoms with E-state index in [4.69, 9.17) is 0 Å². The van der Waals surface area contributed by atoms with Gasteiger partial charge in [-0.05, 0) is 11.6 Å². The molecular formula is C14H16N4O. The second-order valence-corrected chi connectivity index (χ2v) is 4.97. The van der Waals surface area contributed by atoms with Crippen LogP contribution in [0.3, 0.4) is 0 Å². The summed E-state index contributed by atoms with van der Waals surface area (Å²) in [4.78, 5) is 12.1. The van der Waals surface area contributed by atoms with Crippen molar-refractivity contribution in [1.29, 1.82) is 0 Å². The number of aryl methyl sites for hydroxylation is 1. The third-order valence-corrected chi connectivity index (χ3v) is 3.44. The van der Waals surface area contributed by atoms with E-state index in [1.807, 2.05) is 12.1 Å². The number of rotatable bonds is 4. The standard InChI is InChI=1S/C14H16N4O/c1-18-9-11(16-17-18)7-12(19)6-10-8-15-14-5-3-2-4-13(10)14/h2-5,9-10,15H,6-8H2,1H3. The monoisotopic (exact) mass is 256 g/mol. The fourth-order valence-corrected chi connectivity index (χ4v) is 2.56. The molecule has 0 saturated carbocycles. The van der Waals surface area contributed by atoms with Gasteiger partial charge >= 0.3 is 0 Å². The Morgan fingerprint density at radius 3 is 3.11 bits per heavy atom. The molecule has 0 fully saturated rings. The third kappa shape index (κ3) is 2.50. The number of nitrogens with zero attached hydrogens (tertiary/aromatic N) is 3. The molecule has 1 atom stereocenters. The van der Waals surface area contributed by atoms with E-state index < -0.39 is 0 Å². The quantitative estimate of drug-likeness (QED) is 0.901. The van der Waals surface area contributed by atoms with E-state index >= 15 is 0 Å². The number of benzene rings is 1. The second kappa shape index (κ2) is 4.84. The van der Waals surface area contributed by atoms with Gasteiger partial charge in [-0.2, -0.15) is 0 Å². The molecule has 1 aromatic heterocycles. The van der Waals surface area contributed by atoms with Gasteiger partial charge in [0.25, 0.3) is 0 Å². The van der Waals surface area contributed by atoms with Crippen LogP contribution in [0.1, 0.15) is 23.6 Å². The van der Waals surface area contributed by atoms with Crippen LogP contribution in [0.2, 0.25) is 0 Å². The largest absolute Gasteiger partial charge is 0.384 e. The van der Waals surface area contributed by atoms with E-state index in [0.717, 1.165) is 17.9 Å². The van der Waals surface area contributed by atoms with Gasteiger partial charge in [-0.3, -0.25) is 9.48 Å². The van der Waals surface area contributed by atoms with Crippen molar-refractivity contribution in [2.75, 3.05) is 11.9 Å². The Labute approximate surface area is 111 Å². The highest BCUT2D eigenvalue weighted by molar-refractivity contribution is 5.82. The number of Topliss-reactive ketones (excluding diaryl/α,β-unsaturated/α-hetero) is 1. The van der Waals surface area contributed by atoms with E-state index in [2.05, 4.69) is 27.8 Å². The molecule has 0 radical (unpaired) electrons. The predicted molar refractivity (Wildman–Crippen MR) is 72.0 cm³/mol. The Morgan fingerprint density at radius 1 is 1.47 bits per heavy atom. The highest BCUT2D eigenvalue weighted by Gasteiger charge is 2.24. The smallest absolute Gasteiger partial charge is 0.139 e. The summed E-state index contributed by atoms with van der Waals surface area (Å²) in [5, 5.41) is 11.1. The normalized spacial score (nSPS) is 17.0. The van der Waals surface area contributed by atoms with Crippen LogP contribution in [0.5, 0.6) is 0 Å². The molecule has 2 aromatic rings. The van der Waals surface area contributed by atoms with Gasteiger partial charge in [0.1, 0.15) is 5.78 Å². The number of fused-ring (bicyclic) bond motifs is 1. The maximum Gasteiger partial charge on any atom is 0.139 e. The summed E-state index contributed by atoms with van der Waals surface area (Å²) < 4.78 is 1.62. The number of anilines is 1. The summed E-state index contributed by atoms with van der Waals surface area (Å²) in [5.41, 5.74) is 3.14. The average molecular weight is 256 g/mol. The number of hydrogen-bond acceptors (Lipinski definition) is 4. The first-order valence-corrected chi connectivity index (χ1v) is 6.42. The maximum atomic E-state index is 12.1. The molecule has 5 nitrogen and oxygen atoms in total. The zero-order valence-electron chi connectivity index (χ0n) is 10.8. The Kier molecular flexibility index (Phi) is 3.03. The Morgan fingerprint density at radius 2 is 2.32 bits per heavy atom. The molecule has 2 heterocycles. The Balaban J connectivity index is 1.65. The lowest BCUT2D eigenvalue weighted by atomic mass is 9.94. The molecular weight excluding hydrogens is 240 g/mol. The molecule has 1 aliphatic heterocycles. The molecule has 19 heavy (non-hydrogen) atoms. The van der Waals surface area contributed by atoms with Crippen molar-refractivity contribution >= 4 is 11.5 Å². The number of aromatic nitrogens is 3. The minimum Gasteiger partial charge on any atom is -0.384 e. The van der Waals surface area contributed by atoms with Crippen LogP contribution in [0, 0.1) is 0 Å². The molecule has 1 aliphatic rings. The second-order valence-electron chi connectivity index (χ2n) is 4.97. The number of para-hydroxylation sites is 1. The van der Waals surface area contributed by atoms with Crippen molar-refractivity contribution in [2.24, 2.45) is 7.05 Å². The van der Waals surface area contributed by atoms with Crippen LogP contribution in [0.25, 0.3) is 0 Å². The lowest BCUT2D eigenvalue weighted by Crippen LogP contribution is -2.11. The van der Waals surface area contributed by atoms with Crippen molar-refractivity contribution in [3.63, 3.8) is 0 Å². The summed E-state index contributed by atoms with van der Waals surface area (Å²) in [6.45, 7) is 0.839. The van der Waals surface area contributed by atoms with E-state index in [1.165, 1.54) is 5.56 Å². The first-order chi connectivity index (χ1) is 9.22. The molecule has 1 N–H and O–H groups in total. The third-order valence-electron chi connectivity index (χ3n) is 3.44. The molecule has 3 rings (SSSR count). The Hall–Kier alpha value is -2.17. The van der Waals surface area contributed by atoms with Crippen LogP contribution in [0.15, 0.2) is 30.5 Å². The van der Waals surface area contributed by atoms with Gasteiger partial charge in [0.15, 0.2) is 0 Å². The molecule has 0 saturated heterocycles. The first kappa shape index (κ1) is 11.9. The predicted octanol–water partition coefficient (Wildman–Crippen LogP) is 1.53. The fraction of sp³-hybridized carbons (Fsp3) is 0.357. The van der Waals surface area contributed by atoms with Crippen LogP contribution in [-0.2, 0) is 18.3 Å². The molecule has 1 aromatic carbocycles. The molecule has 0 bridgehead atoms. The van der Waals surface area contributed by atoms with Crippen molar-refractivity contribution < 1.29 is 4.79 Å². The van der Waals surface area contributed by atoms with Crippen LogP contribution < -0.4 is 5.32 Å². The van der Waals surface area contributed by atoms with E-state index in [9.17, 15) is 4.79 Å². The molecule has 5 heteroatoms. The van der Waals surface area contributed by atoms with Crippen LogP contribution in [0.4, 0.5) is 5.69 Å². The van der Waals surface area contributed by atoms with E-state index in [0.29, 0.717) is 12.8 Å². The summed E-state index contributed by atoms with van der Waals surface area (Å²) in [6.07, 6.45) is 2.71. The highest BCUT2D eigenvalue weighted by atomic mass is 16.1. The van der Waals surface area contributed by atoms with Gasteiger partial charge in [0, 0.05) is 37.8 Å². The van der Waals surface area contributed by atoms with Crippen LogP contribution in [-0.4, -0.2) is 27.3 Å². The van der Waals surface area contributed by atoms with Gasteiger partial charge in [-0.25, -0.2) is 0 Å². The fourth-order valence-electron chi connectivity index (χ4n) is 2.56. The van der Waals surface area contributed by atoms with Crippen molar-refractivity contribution in [1.82, 2.24) is 15.0 Å². The summed E-state index contributed by atoms with van der Waals surface area (Å²) >= 11 is 0. The lowest BCUT2D eigenvalue weighted by molar-refractivity contribution is -0.118. The zero-order valence-corrected chi connectivity index (χ0v) is 10.8. The average Bonchev–Trinajstić information content (AvgIpc) is 2.97. The molecule has 0 amide bonds. The maximum absolute atomic E-state index is 12.1. The molecule has 1 unspecified atom stereocenters. The summed E-state index contributed by atoms with van der Waals surface area (Å²) in [5.74, 6) is 0.490. The van der Waals surface area contributed by atoms with E-state index in [-0.39, 0.29) is 11.7 Å². The molecule has 0 spiro atoms.